The van der Waals surface area contributed by atoms with E-state index in [1.54, 1.807) is 27.6 Å². The molecule has 0 aliphatic carbocycles. The van der Waals surface area contributed by atoms with Crippen LogP contribution in [0.25, 0.3) is 21.7 Å². The van der Waals surface area contributed by atoms with Crippen molar-refractivity contribution in [3.63, 3.8) is 0 Å². The predicted molar refractivity (Wildman–Crippen MR) is 240 cm³/mol. The van der Waals surface area contributed by atoms with Gasteiger partial charge in [0.2, 0.25) is 23.5 Å². The quantitative estimate of drug-likeness (QED) is 0.0918. The van der Waals surface area contributed by atoms with Crippen LogP contribution in [0.1, 0.15) is 76.4 Å². The van der Waals surface area contributed by atoms with E-state index < -0.39 is 41.1 Å². The Balaban J connectivity index is 0.872. The zero-order valence-electron chi connectivity index (χ0n) is 36.7. The molecular formula is C45H55F2N9O6S2. The van der Waals surface area contributed by atoms with Crippen molar-refractivity contribution >= 4 is 45.5 Å². The molecule has 5 aromatic rings. The van der Waals surface area contributed by atoms with Gasteiger partial charge in [-0.3, -0.25) is 19.1 Å². The van der Waals surface area contributed by atoms with Crippen molar-refractivity contribution in [1.29, 1.82) is 0 Å². The molecule has 3 N–H and O–H groups in total. The van der Waals surface area contributed by atoms with Crippen LogP contribution in [0.5, 0.6) is 5.75 Å². The molecule has 0 radical (unpaired) electrons. The summed E-state index contributed by atoms with van der Waals surface area (Å²) in [6.07, 6.45) is 2.47. The van der Waals surface area contributed by atoms with Gasteiger partial charge in [0.25, 0.3) is 0 Å². The van der Waals surface area contributed by atoms with Gasteiger partial charge in [-0.05, 0) is 55.4 Å². The maximum Gasteiger partial charge on any atom is 0.246 e. The van der Waals surface area contributed by atoms with Gasteiger partial charge in [-0.15, -0.1) is 27.8 Å². The topological polar surface area (TPSA) is 177 Å². The second-order valence-electron chi connectivity index (χ2n) is 17.3. The molecule has 0 saturated carbocycles. The maximum absolute atomic E-state index is 15.0. The number of rotatable bonds is 17. The lowest BCUT2D eigenvalue weighted by atomic mass is 9.85. The monoisotopic (exact) mass is 919 g/mol. The van der Waals surface area contributed by atoms with Crippen molar-refractivity contribution < 1.29 is 37.7 Å². The molecule has 5 heterocycles. The number of aryl methyl sites for hydroxylation is 2. The second-order valence-corrected chi connectivity index (χ2v) is 19.0. The number of β-amino-alcohol motifs (C(OH)–C–C–N with tert-alkyl or cyclic N) is 1. The number of unbranched alkanes of at least 4 members (excludes halogenated alkanes) is 1. The molecule has 2 aliphatic heterocycles. The minimum Gasteiger partial charge on any atom is -0.489 e. The van der Waals surface area contributed by atoms with E-state index in [0.717, 1.165) is 32.9 Å². The van der Waals surface area contributed by atoms with Crippen LogP contribution in [0.2, 0.25) is 0 Å². The summed E-state index contributed by atoms with van der Waals surface area (Å²) < 4.78 is 42.2. The van der Waals surface area contributed by atoms with Gasteiger partial charge in [0.15, 0.2) is 16.7 Å². The summed E-state index contributed by atoms with van der Waals surface area (Å²) in [6.45, 7) is 12.5. The summed E-state index contributed by atoms with van der Waals surface area (Å²) in [5.41, 5.74) is 5.45. The Morgan fingerprint density at radius 1 is 1.05 bits per heavy atom. The highest BCUT2D eigenvalue weighted by Crippen LogP contribution is 2.37. The first kappa shape index (κ1) is 46.6. The molecule has 2 saturated heterocycles. The van der Waals surface area contributed by atoms with Gasteiger partial charge in [-0.25, -0.2) is 14.4 Å². The molecule has 4 atom stereocenters. The number of carbonyl (C=O) groups excluding carboxylic acids is 3. The lowest BCUT2D eigenvalue weighted by molar-refractivity contribution is -0.144. The van der Waals surface area contributed by atoms with Crippen molar-refractivity contribution in [1.82, 2.24) is 40.5 Å². The van der Waals surface area contributed by atoms with E-state index in [9.17, 15) is 23.9 Å². The average molecular weight is 920 g/mol. The molecule has 2 fully saturated rings. The number of thiazole rings is 2. The highest BCUT2D eigenvalue weighted by Gasteiger charge is 2.44. The predicted octanol–water partition coefficient (Wildman–Crippen LogP) is 6.11. The summed E-state index contributed by atoms with van der Waals surface area (Å²) in [4.78, 5) is 54.6. The third kappa shape index (κ3) is 11.3. The maximum atomic E-state index is 15.0. The number of carbonyl (C=O) groups is 3. The number of aliphatic hydroxyl groups excluding tert-OH is 1. The van der Waals surface area contributed by atoms with E-state index in [1.807, 2.05) is 64.4 Å². The summed E-state index contributed by atoms with van der Waals surface area (Å²) in [5, 5.41) is 27.5. The molecule has 64 heavy (non-hydrogen) atoms. The van der Waals surface area contributed by atoms with Crippen LogP contribution in [0.15, 0.2) is 53.5 Å². The Hall–Kier alpha value is -5.37. The van der Waals surface area contributed by atoms with Crippen molar-refractivity contribution in [3.8, 4) is 27.4 Å². The Labute approximate surface area is 379 Å². The number of morpholine rings is 1. The van der Waals surface area contributed by atoms with Gasteiger partial charge in [-0.2, -0.15) is 4.39 Å². The van der Waals surface area contributed by atoms with Crippen LogP contribution in [-0.4, -0.2) is 110 Å². The molecule has 19 heteroatoms. The minimum atomic E-state index is -1.09. The Kier molecular flexibility index (Phi) is 15.0. The van der Waals surface area contributed by atoms with Crippen molar-refractivity contribution in [2.75, 3.05) is 44.4 Å². The van der Waals surface area contributed by atoms with Crippen LogP contribution in [0.4, 0.5) is 13.9 Å². The van der Waals surface area contributed by atoms with Gasteiger partial charge in [-0.1, -0.05) is 50.3 Å². The molecule has 15 nitrogen and oxygen atoms in total. The molecule has 2 aromatic carbocycles. The van der Waals surface area contributed by atoms with Gasteiger partial charge < -0.3 is 35.0 Å². The average Bonchev–Trinajstić information content (AvgIpc) is 4.11. The Morgan fingerprint density at radius 3 is 2.53 bits per heavy atom. The largest absolute Gasteiger partial charge is 0.489 e. The molecule has 3 aromatic heterocycles. The fourth-order valence-corrected chi connectivity index (χ4v) is 9.48. The number of hydrogen-bond acceptors (Lipinski definition) is 13. The van der Waals surface area contributed by atoms with E-state index in [1.165, 1.54) is 22.3 Å². The van der Waals surface area contributed by atoms with Crippen LogP contribution in [-0.2, 0) is 32.1 Å². The van der Waals surface area contributed by atoms with Gasteiger partial charge in [0, 0.05) is 62.6 Å². The molecule has 7 rings (SSSR count). The standard InChI is InChI=1S/C45H55F2N9O6S2/c1-27(29-9-11-30(12-10-29)40-28(2)48-26-64-40)49-42(59)36-22-32(57)24-56(36)43(60)41(45(3,4)5)51-37(58)8-6-7-16-55-23-31(52-53-55)15-19-62-39-33(13-14-34(46)38(39)47)35-25-63-44(50-35)54-17-20-61-21-18-54/h9-14,23,25-27,32,36,41,57H,6-8,15-22,24H2,1-5H3,(H,49,59)(H,51,58)/t27-,32+,36-,41+/m0/s1. The fraction of sp³-hybridized carbons (Fsp3) is 0.489. The Bertz CT molecular complexity index is 2390. The number of halogens is 2. The number of nitrogens with zero attached hydrogens (tertiary/aromatic N) is 7. The van der Waals surface area contributed by atoms with Crippen LogP contribution < -0.4 is 20.3 Å². The number of aliphatic hydroxyl groups is 1. The van der Waals surface area contributed by atoms with Gasteiger partial charge >= 0.3 is 0 Å². The number of ether oxygens (including phenoxy) is 2. The SMILES string of the molecule is Cc1ncsc1-c1ccc([C@H](C)NC(=O)[C@@H]2C[C@@H](O)CN2C(=O)[C@@H](NC(=O)CCCCn2cc(CCOc3c(-c4csc(N5CCOCC5)n4)ccc(F)c3F)nn2)C(C)(C)C)cc1. The Morgan fingerprint density at radius 2 is 1.81 bits per heavy atom. The number of aromatic nitrogens is 5. The lowest BCUT2D eigenvalue weighted by Gasteiger charge is -2.35. The third-order valence-electron chi connectivity index (χ3n) is 11.4. The molecule has 342 valence electrons. The van der Waals surface area contributed by atoms with Crippen LogP contribution in [0.3, 0.4) is 0 Å². The number of anilines is 1. The number of likely N-dealkylation sites (tertiary alicyclic amines) is 1. The highest BCUT2D eigenvalue weighted by molar-refractivity contribution is 7.14. The minimum absolute atomic E-state index is 0.0183. The molecule has 0 bridgehead atoms. The zero-order valence-corrected chi connectivity index (χ0v) is 38.3. The number of amides is 3. The van der Waals surface area contributed by atoms with Gasteiger partial charge in [0.1, 0.15) is 12.1 Å². The van der Waals surface area contributed by atoms with Crippen molar-refractivity contribution in [2.45, 2.75) is 97.5 Å². The van der Waals surface area contributed by atoms with Crippen LogP contribution in [0, 0.1) is 24.0 Å². The third-order valence-corrected chi connectivity index (χ3v) is 13.3. The van der Waals surface area contributed by atoms with Crippen LogP contribution >= 0.6 is 22.7 Å². The molecule has 0 unspecified atom stereocenters. The van der Waals surface area contributed by atoms with Crippen molar-refractivity contribution in [2.24, 2.45) is 5.41 Å². The number of nitrogens with one attached hydrogen (secondary N) is 2. The molecule has 3 amide bonds. The lowest BCUT2D eigenvalue weighted by Crippen LogP contribution is -2.57. The summed E-state index contributed by atoms with van der Waals surface area (Å²) in [7, 11) is 0. The molecule has 0 spiro atoms. The van der Waals surface area contributed by atoms with E-state index in [4.69, 9.17) is 9.47 Å². The van der Waals surface area contributed by atoms with E-state index in [-0.39, 0.29) is 56.0 Å². The number of hydrogen-bond donors (Lipinski definition) is 3. The zero-order chi connectivity index (χ0) is 45.5. The second kappa shape index (κ2) is 20.6. The highest BCUT2D eigenvalue weighted by atomic mass is 32.1. The summed E-state index contributed by atoms with van der Waals surface area (Å²) in [5.74, 6) is -3.43. The first-order valence-electron chi connectivity index (χ1n) is 21.5. The summed E-state index contributed by atoms with van der Waals surface area (Å²) in [6, 6.07) is 8.25. The van der Waals surface area contributed by atoms with Crippen molar-refractivity contribution in [3.05, 3.63) is 82.1 Å². The summed E-state index contributed by atoms with van der Waals surface area (Å²) >= 11 is 2.99. The first-order valence-corrected chi connectivity index (χ1v) is 23.3. The van der Waals surface area contributed by atoms with E-state index in [0.29, 0.717) is 62.6 Å². The normalized spacial score (nSPS) is 17.6. The first-order chi connectivity index (χ1) is 30.7. The van der Waals surface area contributed by atoms with Gasteiger partial charge in [0.05, 0.1) is 59.4 Å². The molecular weight excluding hydrogens is 865 g/mol. The molecule has 2 aliphatic rings. The van der Waals surface area contributed by atoms with E-state index >= 15 is 4.39 Å². The fourth-order valence-electron chi connectivity index (χ4n) is 7.79. The smallest absolute Gasteiger partial charge is 0.246 e. The number of benzene rings is 2. The van der Waals surface area contributed by atoms with E-state index in [2.05, 4.69) is 35.8 Å².